The van der Waals surface area contributed by atoms with Crippen molar-refractivity contribution in [2.45, 2.75) is 50.4 Å². The minimum Gasteiger partial charge on any atom is -0.385 e. The van der Waals surface area contributed by atoms with E-state index in [1.54, 1.807) is 31.1 Å². The molecule has 0 bridgehead atoms. The number of urea groups is 1. The molecule has 2 aliphatic rings. The van der Waals surface area contributed by atoms with Gasteiger partial charge in [-0.2, -0.15) is 4.98 Å². The lowest BCUT2D eigenvalue weighted by Gasteiger charge is -2.40. The highest BCUT2D eigenvalue weighted by molar-refractivity contribution is 5.90. The number of carbonyl (C=O) groups is 1. The molecule has 0 saturated carbocycles. The fraction of sp³-hybridized carbons (Fsp3) is 0.609. The molecule has 2 fully saturated rings. The number of piperidine rings is 1. The number of carbonyl (C=O) groups excluding carboxylic acids is 1. The molecule has 0 radical (unpaired) electrons. The molecule has 2 aliphatic heterocycles. The number of hydrogen-bond acceptors (Lipinski definition) is 6. The van der Waals surface area contributed by atoms with Gasteiger partial charge in [0.2, 0.25) is 5.89 Å². The number of amides is 2. The van der Waals surface area contributed by atoms with Gasteiger partial charge in [-0.15, -0.1) is 0 Å². The van der Waals surface area contributed by atoms with E-state index in [2.05, 4.69) is 10.5 Å². The minimum absolute atomic E-state index is 0.211. The summed E-state index contributed by atoms with van der Waals surface area (Å²) in [5.74, 6) is 1.15. The van der Waals surface area contributed by atoms with Gasteiger partial charge in [-0.3, -0.25) is 0 Å². The number of nitrogens with zero attached hydrogens (tertiary/aromatic N) is 3. The van der Waals surface area contributed by atoms with Crippen LogP contribution in [0.2, 0.25) is 0 Å². The molecule has 1 aromatic carbocycles. The first-order valence-corrected chi connectivity index (χ1v) is 11.2. The Hall–Kier alpha value is -2.52. The molecule has 2 aromatic rings. The zero-order valence-corrected chi connectivity index (χ0v) is 18.7. The summed E-state index contributed by atoms with van der Waals surface area (Å²) >= 11 is 0. The normalized spacial score (nSPS) is 22.2. The fourth-order valence-corrected chi connectivity index (χ4v) is 4.60. The summed E-state index contributed by atoms with van der Waals surface area (Å²) in [4.78, 5) is 19.6. The number of halogens is 1. The van der Waals surface area contributed by atoms with Crippen LogP contribution in [0.1, 0.15) is 55.3 Å². The van der Waals surface area contributed by atoms with E-state index in [4.69, 9.17) is 19.0 Å². The fourth-order valence-electron chi connectivity index (χ4n) is 4.60. The second-order valence-electron chi connectivity index (χ2n) is 8.73. The number of methoxy groups -OCH3 is 1. The molecule has 8 nitrogen and oxygen atoms in total. The van der Waals surface area contributed by atoms with Crippen molar-refractivity contribution < 1.29 is 23.2 Å². The molecule has 9 heteroatoms. The lowest BCUT2D eigenvalue weighted by Crippen LogP contribution is -2.51. The lowest BCUT2D eigenvalue weighted by atomic mass is 9.76. The van der Waals surface area contributed by atoms with Crippen molar-refractivity contribution in [3.05, 3.63) is 41.3 Å². The Morgan fingerprint density at radius 2 is 2.19 bits per heavy atom. The zero-order valence-electron chi connectivity index (χ0n) is 18.7. The second-order valence-corrected chi connectivity index (χ2v) is 8.73. The Labute approximate surface area is 187 Å². The highest BCUT2D eigenvalue weighted by Crippen LogP contribution is 2.37. The van der Waals surface area contributed by atoms with Crippen LogP contribution in [-0.4, -0.2) is 61.1 Å². The van der Waals surface area contributed by atoms with E-state index < -0.39 is 5.41 Å². The molecule has 2 amide bonds. The number of aromatic nitrogens is 2. The molecule has 0 spiro atoms. The summed E-state index contributed by atoms with van der Waals surface area (Å²) in [5.41, 5.74) is 0.447. The smallest absolute Gasteiger partial charge is 0.321 e. The third-order valence-electron chi connectivity index (χ3n) is 6.64. The van der Waals surface area contributed by atoms with Gasteiger partial charge in [0.15, 0.2) is 5.82 Å². The van der Waals surface area contributed by atoms with E-state index in [0.29, 0.717) is 62.3 Å². The summed E-state index contributed by atoms with van der Waals surface area (Å²) in [7, 11) is 1.66. The van der Waals surface area contributed by atoms with Crippen molar-refractivity contribution >= 4 is 11.7 Å². The Morgan fingerprint density at radius 1 is 1.38 bits per heavy atom. The average molecular weight is 447 g/mol. The number of ether oxygens (including phenoxy) is 2. The standard InChI is InChI=1S/C23H31FN4O4/c1-16-18(24)5-3-6-19(16)25-22(29)28-11-4-9-23(15-28,10-14-30-2)21-26-20(32-27-21)17-7-12-31-13-8-17/h3,5-6,17H,4,7-15H2,1-2H3,(H,25,29). The van der Waals surface area contributed by atoms with Crippen molar-refractivity contribution in [1.29, 1.82) is 0 Å². The molecule has 0 aliphatic carbocycles. The molecule has 1 unspecified atom stereocenters. The summed E-state index contributed by atoms with van der Waals surface area (Å²) < 4.78 is 30.4. The van der Waals surface area contributed by atoms with E-state index in [0.717, 1.165) is 25.7 Å². The van der Waals surface area contributed by atoms with E-state index in [1.807, 2.05) is 0 Å². The zero-order chi connectivity index (χ0) is 22.6. The van der Waals surface area contributed by atoms with Crippen LogP contribution in [0.3, 0.4) is 0 Å². The van der Waals surface area contributed by atoms with Gasteiger partial charge in [0, 0.05) is 57.2 Å². The van der Waals surface area contributed by atoms with E-state index in [-0.39, 0.29) is 17.8 Å². The molecular weight excluding hydrogens is 415 g/mol. The molecule has 2 saturated heterocycles. The molecule has 3 heterocycles. The topological polar surface area (TPSA) is 89.7 Å². The van der Waals surface area contributed by atoms with Gasteiger partial charge >= 0.3 is 6.03 Å². The van der Waals surface area contributed by atoms with Crippen LogP contribution in [0.4, 0.5) is 14.9 Å². The number of nitrogens with one attached hydrogen (secondary N) is 1. The maximum Gasteiger partial charge on any atom is 0.321 e. The predicted octanol–water partition coefficient (Wildman–Crippen LogP) is 4.01. The van der Waals surface area contributed by atoms with Crippen molar-refractivity contribution in [3.63, 3.8) is 0 Å². The maximum absolute atomic E-state index is 13.9. The van der Waals surface area contributed by atoms with Gasteiger partial charge in [-0.25, -0.2) is 9.18 Å². The van der Waals surface area contributed by atoms with Crippen LogP contribution in [0, 0.1) is 12.7 Å². The highest BCUT2D eigenvalue weighted by atomic mass is 19.1. The van der Waals surface area contributed by atoms with Crippen molar-refractivity contribution in [2.24, 2.45) is 0 Å². The molecule has 174 valence electrons. The van der Waals surface area contributed by atoms with Crippen LogP contribution in [-0.2, 0) is 14.9 Å². The van der Waals surface area contributed by atoms with Gasteiger partial charge in [0.1, 0.15) is 5.82 Å². The van der Waals surface area contributed by atoms with E-state index in [9.17, 15) is 9.18 Å². The van der Waals surface area contributed by atoms with Crippen LogP contribution < -0.4 is 5.32 Å². The lowest BCUT2D eigenvalue weighted by molar-refractivity contribution is 0.0778. The van der Waals surface area contributed by atoms with E-state index >= 15 is 0 Å². The summed E-state index contributed by atoms with van der Waals surface area (Å²) in [6, 6.07) is 4.42. The Kier molecular flexibility index (Phi) is 7.05. The number of anilines is 1. The first-order chi connectivity index (χ1) is 15.5. The third kappa shape index (κ3) is 4.78. The van der Waals surface area contributed by atoms with Crippen LogP contribution >= 0.6 is 0 Å². The molecular formula is C23H31FN4O4. The molecule has 1 atom stereocenters. The summed E-state index contributed by atoms with van der Waals surface area (Å²) in [6.45, 7) is 4.64. The molecule has 32 heavy (non-hydrogen) atoms. The highest BCUT2D eigenvalue weighted by Gasteiger charge is 2.43. The summed E-state index contributed by atoms with van der Waals surface area (Å²) in [6.07, 6.45) is 4.06. The predicted molar refractivity (Wildman–Crippen MR) is 116 cm³/mol. The third-order valence-corrected chi connectivity index (χ3v) is 6.64. The van der Waals surface area contributed by atoms with Gasteiger partial charge < -0.3 is 24.2 Å². The monoisotopic (exact) mass is 446 g/mol. The van der Waals surface area contributed by atoms with Gasteiger partial charge in [0.05, 0.1) is 5.41 Å². The Bertz CT molecular complexity index is 930. The van der Waals surface area contributed by atoms with Gasteiger partial charge in [0.25, 0.3) is 0 Å². The number of rotatable bonds is 6. The SMILES string of the molecule is COCCC1(c2noc(C3CCOCC3)n2)CCCN(C(=O)Nc2cccc(F)c2C)C1. The molecule has 4 rings (SSSR count). The maximum atomic E-state index is 13.9. The average Bonchev–Trinajstić information content (AvgIpc) is 3.33. The van der Waals surface area contributed by atoms with Crippen LogP contribution in [0.5, 0.6) is 0 Å². The quantitative estimate of drug-likeness (QED) is 0.721. The van der Waals surface area contributed by atoms with Gasteiger partial charge in [-0.1, -0.05) is 11.2 Å². The number of likely N-dealkylation sites (tertiary alicyclic amines) is 1. The number of benzene rings is 1. The Morgan fingerprint density at radius 3 is 2.97 bits per heavy atom. The van der Waals surface area contributed by atoms with Crippen molar-refractivity contribution in [1.82, 2.24) is 15.0 Å². The minimum atomic E-state index is -0.449. The first kappa shape index (κ1) is 22.7. The van der Waals surface area contributed by atoms with Crippen molar-refractivity contribution in [3.8, 4) is 0 Å². The molecule has 1 aromatic heterocycles. The van der Waals surface area contributed by atoms with Crippen molar-refractivity contribution in [2.75, 3.05) is 45.3 Å². The number of hydrogen-bond donors (Lipinski definition) is 1. The summed E-state index contributed by atoms with van der Waals surface area (Å²) in [5, 5.41) is 7.21. The van der Waals surface area contributed by atoms with Gasteiger partial charge in [-0.05, 0) is 51.2 Å². The van der Waals surface area contributed by atoms with Crippen LogP contribution in [0.25, 0.3) is 0 Å². The van der Waals surface area contributed by atoms with Crippen LogP contribution in [0.15, 0.2) is 22.7 Å². The molecule has 1 N–H and O–H groups in total. The second kappa shape index (κ2) is 9.95. The first-order valence-electron chi connectivity index (χ1n) is 11.2. The Balaban J connectivity index is 1.53. The van der Waals surface area contributed by atoms with E-state index in [1.165, 1.54) is 6.07 Å². The largest absolute Gasteiger partial charge is 0.385 e.